The molecule has 0 saturated carbocycles. The van der Waals surface area contributed by atoms with E-state index in [0.29, 0.717) is 5.82 Å². The molecule has 0 radical (unpaired) electrons. The Morgan fingerprint density at radius 2 is 0.803 bits per heavy atom. The van der Waals surface area contributed by atoms with E-state index in [0.717, 1.165) is 105 Å². The maximum absolute atomic E-state index is 6.62. The van der Waals surface area contributed by atoms with Gasteiger partial charge in [0.25, 0.3) is 0 Å². The van der Waals surface area contributed by atoms with Crippen LogP contribution in [0.2, 0.25) is 0 Å². The van der Waals surface area contributed by atoms with E-state index in [1.807, 2.05) is 18.2 Å². The highest BCUT2D eigenvalue weighted by atomic mass is 16.3. The third-order valence-electron chi connectivity index (χ3n) is 11.8. The van der Waals surface area contributed by atoms with Crippen molar-refractivity contribution in [2.45, 2.75) is 0 Å². The summed E-state index contributed by atoms with van der Waals surface area (Å²) in [4.78, 5) is 15.8. The molecule has 0 fully saturated rings. The van der Waals surface area contributed by atoms with Crippen molar-refractivity contribution < 1.29 is 4.42 Å². The van der Waals surface area contributed by atoms with Crippen LogP contribution in [0.25, 0.3) is 122 Å². The summed E-state index contributed by atoms with van der Waals surface area (Å²) < 4.78 is 6.62. The van der Waals surface area contributed by atoms with Gasteiger partial charge in [0.2, 0.25) is 0 Å². The van der Waals surface area contributed by atoms with Gasteiger partial charge in [-0.3, -0.25) is 0 Å². The van der Waals surface area contributed by atoms with Crippen molar-refractivity contribution in [1.29, 1.82) is 0 Å². The number of rotatable bonds is 6. The molecule has 12 aromatic rings. The fraction of sp³-hybridized carbons (Fsp3) is 0. The topological polar surface area (TPSA) is 51.8 Å². The minimum Gasteiger partial charge on any atom is -0.456 e. The molecule has 3 aromatic heterocycles. The van der Waals surface area contributed by atoms with Gasteiger partial charge in [-0.1, -0.05) is 176 Å². The van der Waals surface area contributed by atoms with Crippen LogP contribution in [0, 0.1) is 0 Å². The van der Waals surface area contributed by atoms with Gasteiger partial charge in [0, 0.05) is 54.6 Å². The molecular weight excluding hydrogens is 743 g/mol. The van der Waals surface area contributed by atoms with Gasteiger partial charge in [0.15, 0.2) is 5.82 Å². The molecule has 0 spiro atoms. The van der Waals surface area contributed by atoms with Crippen LogP contribution in [-0.4, -0.2) is 15.0 Å². The smallest absolute Gasteiger partial charge is 0.160 e. The molecule has 0 atom stereocenters. The Bertz CT molecular complexity index is 3630. The Morgan fingerprint density at radius 3 is 1.56 bits per heavy atom. The first-order chi connectivity index (χ1) is 30.2. The molecule has 12 rings (SSSR count). The minimum absolute atomic E-state index is 0.685. The highest BCUT2D eigenvalue weighted by Crippen LogP contribution is 2.46. The number of para-hydroxylation sites is 3. The van der Waals surface area contributed by atoms with Crippen LogP contribution in [0.4, 0.5) is 0 Å². The van der Waals surface area contributed by atoms with Crippen LogP contribution in [0.1, 0.15) is 0 Å². The molecule has 4 heteroatoms. The SMILES string of the molecule is c1ccc(-c2ccc(-c3nc(-c4cccc(-c5cccc(-c6nc7ccccc7c7c(-c8ccccc8)c8c(cc67)oc6ccccc68)c5)c4)nc4ccccc34)cc2)cc1. The van der Waals surface area contributed by atoms with Gasteiger partial charge in [0.1, 0.15) is 11.2 Å². The van der Waals surface area contributed by atoms with E-state index in [1.165, 1.54) is 11.1 Å². The summed E-state index contributed by atoms with van der Waals surface area (Å²) >= 11 is 0. The third kappa shape index (κ3) is 5.96. The highest BCUT2D eigenvalue weighted by molar-refractivity contribution is 6.27. The van der Waals surface area contributed by atoms with Crippen molar-refractivity contribution in [2.24, 2.45) is 0 Å². The Balaban J connectivity index is 1.00. The quantitative estimate of drug-likeness (QED) is 0.158. The lowest BCUT2D eigenvalue weighted by molar-refractivity contribution is 0.669. The number of aromatic nitrogens is 3. The third-order valence-corrected chi connectivity index (χ3v) is 11.8. The first-order valence-electron chi connectivity index (χ1n) is 20.6. The van der Waals surface area contributed by atoms with Crippen molar-refractivity contribution in [3.63, 3.8) is 0 Å². The predicted octanol–water partition coefficient (Wildman–Crippen LogP) is 15.2. The van der Waals surface area contributed by atoms with Crippen LogP contribution in [0.3, 0.4) is 0 Å². The molecule has 0 amide bonds. The molecule has 0 aliphatic heterocycles. The van der Waals surface area contributed by atoms with E-state index in [-0.39, 0.29) is 0 Å². The first-order valence-corrected chi connectivity index (χ1v) is 20.6. The van der Waals surface area contributed by atoms with Gasteiger partial charge in [0.05, 0.1) is 22.4 Å². The summed E-state index contributed by atoms with van der Waals surface area (Å²) in [6.07, 6.45) is 0. The van der Waals surface area contributed by atoms with Gasteiger partial charge in [-0.15, -0.1) is 0 Å². The standard InChI is InChI=1S/C57H35N3O/c1-3-15-36(16-4-1)37-29-31-39(32-30-37)55-45-24-8-11-27-49(45)59-57(60-55)43-22-14-20-41(34-43)40-19-13-21-42(33-40)56-47-35-51-54(46-25-9-12-28-50(46)61-51)52(38-17-5-2-6-18-38)53(47)44-23-7-10-26-48(44)58-56/h1-35H. The van der Waals surface area contributed by atoms with Crippen molar-refractivity contribution >= 4 is 54.5 Å². The molecular formula is C57H35N3O. The number of hydrogen-bond acceptors (Lipinski definition) is 4. The fourth-order valence-corrected chi connectivity index (χ4v) is 8.99. The highest BCUT2D eigenvalue weighted by Gasteiger charge is 2.22. The van der Waals surface area contributed by atoms with Crippen LogP contribution in [0.15, 0.2) is 217 Å². The van der Waals surface area contributed by atoms with E-state index in [9.17, 15) is 0 Å². The number of pyridine rings is 1. The molecule has 0 aliphatic rings. The van der Waals surface area contributed by atoms with Gasteiger partial charge in [-0.05, 0) is 64.2 Å². The molecule has 0 N–H and O–H groups in total. The molecule has 61 heavy (non-hydrogen) atoms. The van der Waals surface area contributed by atoms with Gasteiger partial charge >= 0.3 is 0 Å². The first kappa shape index (κ1) is 34.8. The van der Waals surface area contributed by atoms with Crippen LogP contribution in [0.5, 0.6) is 0 Å². The number of nitrogens with zero attached hydrogens (tertiary/aromatic N) is 3. The Labute approximate surface area is 352 Å². The van der Waals surface area contributed by atoms with E-state index >= 15 is 0 Å². The van der Waals surface area contributed by atoms with Gasteiger partial charge in [-0.25, -0.2) is 15.0 Å². The lowest BCUT2D eigenvalue weighted by atomic mass is 9.89. The zero-order valence-corrected chi connectivity index (χ0v) is 33.0. The number of hydrogen-bond donors (Lipinski definition) is 0. The normalized spacial score (nSPS) is 11.6. The molecule has 0 aliphatic carbocycles. The van der Waals surface area contributed by atoms with Gasteiger partial charge in [-0.2, -0.15) is 0 Å². The molecule has 284 valence electrons. The average Bonchev–Trinajstić information content (AvgIpc) is 3.71. The molecule has 0 bridgehead atoms. The van der Waals surface area contributed by atoms with E-state index in [2.05, 4.69) is 194 Å². The van der Waals surface area contributed by atoms with E-state index < -0.39 is 0 Å². The number of furan rings is 1. The Kier molecular flexibility index (Phi) is 8.13. The van der Waals surface area contributed by atoms with Crippen LogP contribution >= 0.6 is 0 Å². The molecule has 9 aromatic carbocycles. The zero-order valence-electron chi connectivity index (χ0n) is 33.0. The maximum Gasteiger partial charge on any atom is 0.160 e. The maximum atomic E-state index is 6.62. The lowest BCUT2D eigenvalue weighted by Gasteiger charge is -2.16. The Hall–Kier alpha value is -8.21. The Morgan fingerprint density at radius 1 is 0.279 bits per heavy atom. The zero-order chi connectivity index (χ0) is 40.3. The van der Waals surface area contributed by atoms with Crippen LogP contribution < -0.4 is 0 Å². The molecule has 0 saturated heterocycles. The largest absolute Gasteiger partial charge is 0.456 e. The summed E-state index contributed by atoms with van der Waals surface area (Å²) in [6, 6.07) is 74.3. The van der Waals surface area contributed by atoms with Crippen molar-refractivity contribution in [3.05, 3.63) is 212 Å². The van der Waals surface area contributed by atoms with E-state index in [4.69, 9.17) is 19.4 Å². The summed E-state index contributed by atoms with van der Waals surface area (Å²) in [7, 11) is 0. The minimum atomic E-state index is 0.685. The molecule has 3 heterocycles. The van der Waals surface area contributed by atoms with Crippen molar-refractivity contribution in [1.82, 2.24) is 15.0 Å². The number of benzene rings is 9. The molecule has 4 nitrogen and oxygen atoms in total. The van der Waals surface area contributed by atoms with E-state index in [1.54, 1.807) is 0 Å². The van der Waals surface area contributed by atoms with Crippen molar-refractivity contribution in [3.8, 4) is 67.3 Å². The summed E-state index contributed by atoms with van der Waals surface area (Å²) in [5.74, 6) is 0.685. The van der Waals surface area contributed by atoms with Gasteiger partial charge < -0.3 is 4.42 Å². The predicted molar refractivity (Wildman–Crippen MR) is 252 cm³/mol. The summed E-state index contributed by atoms with van der Waals surface area (Å²) in [6.45, 7) is 0. The second-order valence-corrected chi connectivity index (χ2v) is 15.5. The van der Waals surface area contributed by atoms with Crippen LogP contribution in [-0.2, 0) is 0 Å². The van der Waals surface area contributed by atoms with Crippen molar-refractivity contribution in [2.75, 3.05) is 0 Å². The second-order valence-electron chi connectivity index (χ2n) is 15.5. The molecule has 0 unspecified atom stereocenters. The summed E-state index contributed by atoms with van der Waals surface area (Å²) in [5.41, 5.74) is 15.2. The monoisotopic (exact) mass is 777 g/mol. The summed E-state index contributed by atoms with van der Waals surface area (Å²) in [5, 5.41) is 6.56. The average molecular weight is 778 g/mol. The number of fused-ring (bicyclic) bond motifs is 7. The second kappa shape index (κ2) is 14.3. The lowest BCUT2D eigenvalue weighted by Crippen LogP contribution is -1.95. The fourth-order valence-electron chi connectivity index (χ4n) is 8.99.